The molecule has 4 aromatic rings. The third-order valence-electron chi connectivity index (χ3n) is 6.37. The molecule has 4 aromatic heterocycles. The molecule has 1 atom stereocenters. The molecule has 6 rings (SSSR count). The summed E-state index contributed by atoms with van der Waals surface area (Å²) in [7, 11) is 0. The minimum atomic E-state index is -0.816. The number of nitriles is 1. The van der Waals surface area contributed by atoms with Crippen LogP contribution in [-0.4, -0.2) is 48.5 Å². The van der Waals surface area contributed by atoms with Crippen molar-refractivity contribution >= 4 is 33.8 Å². The van der Waals surface area contributed by atoms with Crippen molar-refractivity contribution in [2.45, 2.75) is 38.1 Å². The molecule has 0 spiro atoms. The standard InChI is InChI=1S/C24H19ClFN7O2S/c1-12-31-33-21-17(30-24(33)36-12)6-7-32(19(34)11-35-18-5-4-15(9-27)29-23(18)25)22(21)20-16(26)8-14(10-28-20)13-2-3-13/h4-5,8,10,13,22H,2-3,6-7,11H2,1H3. The number of aromatic nitrogens is 5. The van der Waals surface area contributed by atoms with Gasteiger partial charge in [0.25, 0.3) is 5.91 Å². The van der Waals surface area contributed by atoms with Crippen molar-refractivity contribution in [1.82, 2.24) is 29.5 Å². The Morgan fingerprint density at radius 3 is 2.92 bits per heavy atom. The van der Waals surface area contributed by atoms with Gasteiger partial charge in [-0.1, -0.05) is 22.9 Å². The predicted octanol–water partition coefficient (Wildman–Crippen LogP) is 3.98. The molecule has 182 valence electrons. The van der Waals surface area contributed by atoms with Gasteiger partial charge in [0.15, 0.2) is 17.5 Å². The molecule has 12 heteroatoms. The first kappa shape index (κ1) is 22.8. The van der Waals surface area contributed by atoms with Crippen LogP contribution in [0.5, 0.6) is 5.75 Å². The highest BCUT2D eigenvalue weighted by Crippen LogP contribution is 2.42. The second kappa shape index (κ2) is 8.80. The zero-order chi connectivity index (χ0) is 25.0. The summed E-state index contributed by atoms with van der Waals surface area (Å²) >= 11 is 7.54. The Morgan fingerprint density at radius 1 is 1.36 bits per heavy atom. The minimum Gasteiger partial charge on any atom is -0.481 e. The van der Waals surface area contributed by atoms with Gasteiger partial charge < -0.3 is 9.64 Å². The maximum Gasteiger partial charge on any atom is 0.261 e. The number of rotatable bonds is 5. The maximum atomic E-state index is 15.5. The lowest BCUT2D eigenvalue weighted by atomic mass is 9.98. The molecule has 1 amide bonds. The van der Waals surface area contributed by atoms with Crippen molar-refractivity contribution in [2.75, 3.05) is 13.2 Å². The zero-order valence-corrected chi connectivity index (χ0v) is 20.7. The molecule has 9 nitrogen and oxygen atoms in total. The van der Waals surface area contributed by atoms with E-state index in [-0.39, 0.29) is 34.8 Å². The second-order valence-corrected chi connectivity index (χ2v) is 10.3. The highest BCUT2D eigenvalue weighted by molar-refractivity contribution is 7.16. The molecule has 1 fully saturated rings. The summed E-state index contributed by atoms with van der Waals surface area (Å²) in [6, 6.07) is 5.55. The van der Waals surface area contributed by atoms with Crippen LogP contribution in [0.15, 0.2) is 24.4 Å². The van der Waals surface area contributed by atoms with Gasteiger partial charge in [0.2, 0.25) is 4.96 Å². The summed E-state index contributed by atoms with van der Waals surface area (Å²) < 4.78 is 22.8. The van der Waals surface area contributed by atoms with Crippen molar-refractivity contribution in [3.8, 4) is 11.8 Å². The topological polar surface area (TPSA) is 109 Å². The lowest BCUT2D eigenvalue weighted by molar-refractivity contribution is -0.135. The van der Waals surface area contributed by atoms with E-state index in [0.717, 1.165) is 29.1 Å². The van der Waals surface area contributed by atoms with Crippen LogP contribution in [0.2, 0.25) is 5.15 Å². The van der Waals surface area contributed by atoms with Gasteiger partial charge in [-0.2, -0.15) is 10.4 Å². The molecule has 1 aliphatic carbocycles. The average molecular weight is 524 g/mol. The van der Waals surface area contributed by atoms with Crippen LogP contribution in [0.3, 0.4) is 0 Å². The normalized spacial score (nSPS) is 17.2. The van der Waals surface area contributed by atoms with Crippen LogP contribution >= 0.6 is 22.9 Å². The number of nitrogens with zero attached hydrogens (tertiary/aromatic N) is 7. The summed E-state index contributed by atoms with van der Waals surface area (Å²) in [5.74, 6) is -0.307. The maximum absolute atomic E-state index is 15.5. The van der Waals surface area contributed by atoms with Crippen LogP contribution in [0.1, 0.15) is 58.1 Å². The van der Waals surface area contributed by atoms with E-state index in [1.54, 1.807) is 15.6 Å². The number of carbonyl (C=O) groups excluding carboxylic acids is 1. The highest BCUT2D eigenvalue weighted by Gasteiger charge is 2.39. The third kappa shape index (κ3) is 3.96. The fourth-order valence-electron chi connectivity index (χ4n) is 4.53. The molecule has 0 aromatic carbocycles. The average Bonchev–Trinajstić information content (AvgIpc) is 3.58. The second-order valence-electron chi connectivity index (χ2n) is 8.79. The van der Waals surface area contributed by atoms with Crippen molar-refractivity contribution in [3.05, 3.63) is 68.7 Å². The van der Waals surface area contributed by atoms with E-state index >= 15 is 4.39 Å². The molecule has 1 saturated carbocycles. The zero-order valence-electron chi connectivity index (χ0n) is 19.1. The molecule has 0 N–H and O–H groups in total. The van der Waals surface area contributed by atoms with Gasteiger partial charge >= 0.3 is 0 Å². The predicted molar refractivity (Wildman–Crippen MR) is 128 cm³/mol. The van der Waals surface area contributed by atoms with Gasteiger partial charge in [-0.3, -0.25) is 9.78 Å². The molecular formula is C24H19ClFN7O2S. The molecule has 1 unspecified atom stereocenters. The number of ether oxygens (including phenoxy) is 1. The van der Waals surface area contributed by atoms with Crippen molar-refractivity contribution in [3.63, 3.8) is 0 Å². The van der Waals surface area contributed by atoms with Gasteiger partial charge in [0.1, 0.15) is 34.3 Å². The molecule has 0 saturated heterocycles. The van der Waals surface area contributed by atoms with E-state index in [1.807, 2.05) is 13.0 Å². The Balaban J connectivity index is 1.36. The molecule has 1 aliphatic heterocycles. The molecule has 36 heavy (non-hydrogen) atoms. The van der Waals surface area contributed by atoms with Crippen molar-refractivity contribution < 1.29 is 13.9 Å². The fourth-order valence-corrected chi connectivity index (χ4v) is 5.50. The van der Waals surface area contributed by atoms with E-state index in [2.05, 4.69) is 15.1 Å². The number of carbonyl (C=O) groups is 1. The van der Waals surface area contributed by atoms with E-state index in [1.165, 1.54) is 29.5 Å². The first-order valence-electron chi connectivity index (χ1n) is 11.4. The smallest absolute Gasteiger partial charge is 0.261 e. The van der Waals surface area contributed by atoms with Gasteiger partial charge in [0.05, 0.1) is 11.4 Å². The summed E-state index contributed by atoms with van der Waals surface area (Å²) in [6.45, 7) is 1.84. The number of hydrogen-bond donors (Lipinski definition) is 0. The fraction of sp³-hybridized carbons (Fsp3) is 0.333. The quantitative estimate of drug-likeness (QED) is 0.364. The number of fused-ring (bicyclic) bond motifs is 3. The number of hydrogen-bond acceptors (Lipinski definition) is 8. The monoisotopic (exact) mass is 523 g/mol. The van der Waals surface area contributed by atoms with Gasteiger partial charge in [-0.15, -0.1) is 0 Å². The van der Waals surface area contributed by atoms with Crippen LogP contribution in [0.4, 0.5) is 4.39 Å². The minimum absolute atomic E-state index is 0.0156. The Morgan fingerprint density at radius 2 is 2.19 bits per heavy atom. The summed E-state index contributed by atoms with van der Waals surface area (Å²) in [5.41, 5.74) is 2.58. The number of halogens is 2. The third-order valence-corrected chi connectivity index (χ3v) is 7.47. The number of imidazole rings is 1. The Kier molecular flexibility index (Phi) is 5.58. The van der Waals surface area contributed by atoms with Crippen LogP contribution in [0.25, 0.3) is 4.96 Å². The Bertz CT molecular complexity index is 1560. The van der Waals surface area contributed by atoms with Crippen molar-refractivity contribution in [1.29, 1.82) is 5.26 Å². The number of aryl methyl sites for hydroxylation is 1. The number of pyridine rings is 2. The van der Waals surface area contributed by atoms with E-state index in [9.17, 15) is 4.79 Å². The van der Waals surface area contributed by atoms with E-state index in [4.69, 9.17) is 26.6 Å². The lowest BCUT2D eigenvalue weighted by Crippen LogP contribution is -2.44. The summed E-state index contributed by atoms with van der Waals surface area (Å²) in [4.78, 5) is 28.8. The Labute approximate surface area is 214 Å². The van der Waals surface area contributed by atoms with Gasteiger partial charge in [-0.25, -0.2) is 18.9 Å². The molecule has 0 bridgehead atoms. The van der Waals surface area contributed by atoms with Gasteiger partial charge in [-0.05, 0) is 49.4 Å². The van der Waals surface area contributed by atoms with Gasteiger partial charge in [0, 0.05) is 19.2 Å². The molecule has 5 heterocycles. The summed E-state index contributed by atoms with van der Waals surface area (Å²) in [5, 5.41) is 14.3. The van der Waals surface area contributed by atoms with Crippen LogP contribution in [-0.2, 0) is 11.2 Å². The van der Waals surface area contributed by atoms with E-state index < -0.39 is 11.9 Å². The SMILES string of the molecule is Cc1nn2c3c(nc2s1)CCN(C(=O)COc1ccc(C#N)nc1Cl)C3c1ncc(C2CC2)cc1F. The lowest BCUT2D eigenvalue weighted by Gasteiger charge is -2.35. The van der Waals surface area contributed by atoms with Crippen LogP contribution < -0.4 is 4.74 Å². The molecule has 0 radical (unpaired) electrons. The largest absolute Gasteiger partial charge is 0.481 e. The van der Waals surface area contributed by atoms with Crippen molar-refractivity contribution in [2.24, 2.45) is 0 Å². The first-order chi connectivity index (χ1) is 17.4. The first-order valence-corrected chi connectivity index (χ1v) is 12.6. The Hall–Kier alpha value is -3.62. The molecular weight excluding hydrogens is 505 g/mol. The summed E-state index contributed by atoms with van der Waals surface area (Å²) in [6.07, 6.45) is 4.26. The highest BCUT2D eigenvalue weighted by atomic mass is 35.5. The number of amides is 1. The molecule has 2 aliphatic rings. The van der Waals surface area contributed by atoms with Crippen LogP contribution in [0, 0.1) is 24.1 Å². The van der Waals surface area contributed by atoms with E-state index in [0.29, 0.717) is 29.5 Å².